The molecule has 0 radical (unpaired) electrons. The summed E-state index contributed by atoms with van der Waals surface area (Å²) in [7, 11) is 0. The zero-order chi connectivity index (χ0) is 7.84. The third-order valence-electron chi connectivity index (χ3n) is 1.51. The Kier molecular flexibility index (Phi) is 1.56. The fourth-order valence-electron chi connectivity index (χ4n) is 1.04. The summed E-state index contributed by atoms with van der Waals surface area (Å²) < 4.78 is 2.78. The molecule has 0 spiro atoms. The maximum Gasteiger partial charge on any atom is 0.156 e. The Hall–Kier alpha value is -0.650. The minimum Gasteiger partial charge on any atom is -0.235 e. The summed E-state index contributed by atoms with van der Waals surface area (Å²) >= 11 is 2.19. The highest BCUT2D eigenvalue weighted by Gasteiger charge is 1.99. The van der Waals surface area contributed by atoms with Gasteiger partial charge in [0.15, 0.2) is 5.65 Å². The average molecular weight is 259 g/mol. The summed E-state index contributed by atoms with van der Waals surface area (Å²) in [6, 6.07) is 2.02. The van der Waals surface area contributed by atoms with Gasteiger partial charge < -0.3 is 0 Å². The van der Waals surface area contributed by atoms with Gasteiger partial charge in [-0.05, 0) is 41.1 Å². The molecule has 0 aliphatic rings. The van der Waals surface area contributed by atoms with Crippen LogP contribution >= 0.6 is 22.6 Å². The summed E-state index contributed by atoms with van der Waals surface area (Å²) in [5.41, 5.74) is 2.10. The van der Waals surface area contributed by atoms with E-state index in [1.54, 1.807) is 10.7 Å². The molecule has 11 heavy (non-hydrogen) atoms. The van der Waals surface area contributed by atoms with Crippen LogP contribution in [0.4, 0.5) is 0 Å². The second-order valence-electron chi connectivity index (χ2n) is 2.35. The molecule has 0 aliphatic carbocycles. The molecule has 0 atom stereocenters. The van der Waals surface area contributed by atoms with Gasteiger partial charge in [0.25, 0.3) is 0 Å². The number of fused-ring (bicyclic) bond motifs is 1. The highest BCUT2D eigenvalue weighted by molar-refractivity contribution is 14.1. The predicted octanol–water partition coefficient (Wildman–Crippen LogP) is 1.64. The molecule has 2 aromatic rings. The Morgan fingerprint density at radius 2 is 2.36 bits per heavy atom. The molecule has 0 bridgehead atoms. The first-order valence-corrected chi connectivity index (χ1v) is 4.32. The van der Waals surface area contributed by atoms with Crippen LogP contribution in [0.15, 0.2) is 18.5 Å². The van der Waals surface area contributed by atoms with Crippen molar-refractivity contribution < 1.29 is 0 Å². The summed E-state index contributed by atoms with van der Waals surface area (Å²) in [4.78, 5) is 4.16. The van der Waals surface area contributed by atoms with E-state index >= 15 is 0 Å². The molecule has 0 aromatic carbocycles. The monoisotopic (exact) mass is 259 g/mol. The molecule has 0 aliphatic heterocycles. The SMILES string of the molecule is Cc1cc(I)nn2ccnc12. The van der Waals surface area contributed by atoms with Crippen LogP contribution in [0.3, 0.4) is 0 Å². The van der Waals surface area contributed by atoms with Crippen LogP contribution in [-0.2, 0) is 0 Å². The number of aryl methyl sites for hydroxylation is 1. The van der Waals surface area contributed by atoms with Crippen LogP contribution in [0.1, 0.15) is 5.56 Å². The minimum atomic E-state index is 0.936. The zero-order valence-corrected chi connectivity index (χ0v) is 8.11. The average Bonchev–Trinajstić information content (AvgIpc) is 2.34. The van der Waals surface area contributed by atoms with Crippen LogP contribution < -0.4 is 0 Å². The van der Waals surface area contributed by atoms with E-state index in [4.69, 9.17) is 0 Å². The Labute approximate surface area is 77.6 Å². The van der Waals surface area contributed by atoms with Crippen LogP contribution in [0.5, 0.6) is 0 Å². The molecule has 0 amide bonds. The third-order valence-corrected chi connectivity index (χ3v) is 2.04. The van der Waals surface area contributed by atoms with Crippen molar-refractivity contribution in [3.05, 3.63) is 27.7 Å². The van der Waals surface area contributed by atoms with Crippen molar-refractivity contribution in [1.29, 1.82) is 0 Å². The van der Waals surface area contributed by atoms with Crippen LogP contribution in [0, 0.1) is 10.6 Å². The van der Waals surface area contributed by atoms with Crippen molar-refractivity contribution in [2.75, 3.05) is 0 Å². The van der Waals surface area contributed by atoms with E-state index in [-0.39, 0.29) is 0 Å². The van der Waals surface area contributed by atoms with Crippen molar-refractivity contribution in [2.45, 2.75) is 6.92 Å². The van der Waals surface area contributed by atoms with Gasteiger partial charge in [-0.3, -0.25) is 0 Å². The van der Waals surface area contributed by atoms with Crippen molar-refractivity contribution in [2.24, 2.45) is 0 Å². The van der Waals surface area contributed by atoms with Crippen LogP contribution in [0.2, 0.25) is 0 Å². The van der Waals surface area contributed by atoms with Gasteiger partial charge in [-0.15, -0.1) is 0 Å². The first kappa shape index (κ1) is 7.02. The maximum atomic E-state index is 4.24. The number of hydrogen-bond donors (Lipinski definition) is 0. The lowest BCUT2D eigenvalue weighted by molar-refractivity contribution is 0.906. The lowest BCUT2D eigenvalue weighted by atomic mass is 10.3. The molecule has 2 heterocycles. The Bertz CT molecular complexity index is 393. The molecule has 2 aromatic heterocycles. The topological polar surface area (TPSA) is 30.2 Å². The van der Waals surface area contributed by atoms with E-state index in [0.29, 0.717) is 0 Å². The van der Waals surface area contributed by atoms with Crippen molar-refractivity contribution in [3.63, 3.8) is 0 Å². The molecule has 2 rings (SSSR count). The lowest BCUT2D eigenvalue weighted by Gasteiger charge is -1.96. The van der Waals surface area contributed by atoms with E-state index in [9.17, 15) is 0 Å². The van der Waals surface area contributed by atoms with Gasteiger partial charge in [-0.25, -0.2) is 9.50 Å². The van der Waals surface area contributed by atoms with Gasteiger partial charge in [0.1, 0.15) is 3.70 Å². The van der Waals surface area contributed by atoms with E-state index in [2.05, 4.69) is 32.7 Å². The fraction of sp³-hybridized carbons (Fsp3) is 0.143. The molecule has 0 saturated carbocycles. The van der Waals surface area contributed by atoms with E-state index in [1.807, 2.05) is 19.2 Å². The van der Waals surface area contributed by atoms with Gasteiger partial charge in [0, 0.05) is 12.4 Å². The summed E-state index contributed by atoms with van der Waals surface area (Å²) in [5, 5.41) is 4.24. The molecule has 0 unspecified atom stereocenters. The van der Waals surface area contributed by atoms with Gasteiger partial charge in [0.05, 0.1) is 0 Å². The zero-order valence-electron chi connectivity index (χ0n) is 5.95. The third kappa shape index (κ3) is 1.11. The standard InChI is InChI=1S/C7H6IN3/c1-5-4-6(8)10-11-3-2-9-7(5)11/h2-4H,1H3. The summed E-state index contributed by atoms with van der Waals surface area (Å²) in [6.45, 7) is 2.03. The van der Waals surface area contributed by atoms with Gasteiger partial charge in [0.2, 0.25) is 0 Å². The van der Waals surface area contributed by atoms with Crippen molar-refractivity contribution in [1.82, 2.24) is 14.6 Å². The maximum absolute atomic E-state index is 4.24. The fourth-order valence-corrected chi connectivity index (χ4v) is 1.73. The number of halogens is 1. The molecule has 56 valence electrons. The molecule has 3 nitrogen and oxygen atoms in total. The second kappa shape index (κ2) is 2.44. The summed E-state index contributed by atoms with van der Waals surface area (Å²) in [5.74, 6) is 0. The lowest BCUT2D eigenvalue weighted by Crippen LogP contribution is -1.94. The normalized spacial score (nSPS) is 10.7. The number of hydrogen-bond acceptors (Lipinski definition) is 2. The predicted molar refractivity (Wildman–Crippen MR) is 50.4 cm³/mol. The molecular weight excluding hydrogens is 253 g/mol. The first-order chi connectivity index (χ1) is 5.27. The highest BCUT2D eigenvalue weighted by Crippen LogP contribution is 2.08. The first-order valence-electron chi connectivity index (χ1n) is 3.24. The van der Waals surface area contributed by atoms with Gasteiger partial charge in [-0.1, -0.05) is 0 Å². The Morgan fingerprint density at radius 1 is 1.55 bits per heavy atom. The minimum absolute atomic E-state index is 0.936. The molecule has 0 N–H and O–H groups in total. The van der Waals surface area contributed by atoms with E-state index in [0.717, 1.165) is 14.9 Å². The smallest absolute Gasteiger partial charge is 0.156 e. The van der Waals surface area contributed by atoms with Gasteiger partial charge >= 0.3 is 0 Å². The number of nitrogens with zero attached hydrogens (tertiary/aromatic N) is 3. The Morgan fingerprint density at radius 3 is 3.18 bits per heavy atom. The number of aromatic nitrogens is 3. The molecule has 0 saturated heterocycles. The molecule has 4 heteroatoms. The number of imidazole rings is 1. The highest BCUT2D eigenvalue weighted by atomic mass is 127. The van der Waals surface area contributed by atoms with Gasteiger partial charge in [-0.2, -0.15) is 5.10 Å². The van der Waals surface area contributed by atoms with Crippen LogP contribution in [0.25, 0.3) is 5.65 Å². The van der Waals surface area contributed by atoms with E-state index in [1.165, 1.54) is 0 Å². The largest absolute Gasteiger partial charge is 0.235 e. The van der Waals surface area contributed by atoms with Crippen molar-refractivity contribution >= 4 is 28.2 Å². The quantitative estimate of drug-likeness (QED) is 0.673. The van der Waals surface area contributed by atoms with E-state index < -0.39 is 0 Å². The second-order valence-corrected chi connectivity index (χ2v) is 3.45. The number of rotatable bonds is 0. The molecule has 0 fully saturated rings. The van der Waals surface area contributed by atoms with Crippen LogP contribution in [-0.4, -0.2) is 14.6 Å². The van der Waals surface area contributed by atoms with Crippen molar-refractivity contribution in [3.8, 4) is 0 Å². The Balaban J connectivity index is 2.91. The summed E-state index contributed by atoms with van der Waals surface area (Å²) in [6.07, 6.45) is 3.61. The molecular formula is C7H6IN3.